The lowest BCUT2D eigenvalue weighted by Crippen LogP contribution is -2.04. The van der Waals surface area contributed by atoms with Gasteiger partial charge in [-0.3, -0.25) is 4.99 Å². The zero-order chi connectivity index (χ0) is 17.3. The van der Waals surface area contributed by atoms with Crippen molar-refractivity contribution in [2.45, 2.75) is 39.3 Å². The highest BCUT2D eigenvalue weighted by atomic mass is 19.4. The molecule has 2 heterocycles. The van der Waals surface area contributed by atoms with Crippen molar-refractivity contribution in [3.63, 3.8) is 0 Å². The molecule has 1 aromatic heterocycles. The molecular formula is C19H18F3NO. The van der Waals surface area contributed by atoms with E-state index in [-0.39, 0.29) is 0 Å². The lowest BCUT2D eigenvalue weighted by Gasteiger charge is -2.07. The standard InChI is InChI=1S/C19H18F3NO/c1-3-5-15-12(2)10-16(23-15)18-9-8-17(24-18)13-6-4-7-14(11-13)19(20,21)22/h4,6-9,11H,3,5,10H2,1-2H3. The highest BCUT2D eigenvalue weighted by Gasteiger charge is 2.30. The monoisotopic (exact) mass is 333 g/mol. The summed E-state index contributed by atoms with van der Waals surface area (Å²) in [4.78, 5) is 4.62. The van der Waals surface area contributed by atoms with Gasteiger partial charge in [0.05, 0.1) is 11.3 Å². The summed E-state index contributed by atoms with van der Waals surface area (Å²) in [6.45, 7) is 4.16. The molecular weight excluding hydrogens is 315 g/mol. The molecule has 1 aromatic carbocycles. The molecule has 0 unspecified atom stereocenters. The van der Waals surface area contributed by atoms with Gasteiger partial charge in [-0.15, -0.1) is 0 Å². The van der Waals surface area contributed by atoms with Gasteiger partial charge in [0.25, 0.3) is 0 Å². The van der Waals surface area contributed by atoms with E-state index in [0.717, 1.165) is 42.8 Å². The zero-order valence-corrected chi connectivity index (χ0v) is 13.6. The molecule has 1 aliphatic rings. The van der Waals surface area contributed by atoms with Gasteiger partial charge in [-0.25, -0.2) is 0 Å². The third kappa shape index (κ3) is 3.30. The summed E-state index contributed by atoms with van der Waals surface area (Å²) < 4.78 is 44.3. The van der Waals surface area contributed by atoms with E-state index >= 15 is 0 Å². The SMILES string of the molecule is CCCC1=C(C)CC(c2ccc(-c3cccc(C(F)(F)F)c3)o2)=N1. The second-order valence-corrected chi connectivity index (χ2v) is 5.95. The Morgan fingerprint density at radius 2 is 1.88 bits per heavy atom. The second kappa shape index (κ2) is 6.30. The molecule has 0 spiro atoms. The van der Waals surface area contributed by atoms with Crippen molar-refractivity contribution in [1.29, 1.82) is 0 Å². The summed E-state index contributed by atoms with van der Waals surface area (Å²) >= 11 is 0. The summed E-state index contributed by atoms with van der Waals surface area (Å²) in [5.74, 6) is 1.04. The average Bonchev–Trinajstić information content (AvgIpc) is 3.15. The first-order chi connectivity index (χ1) is 11.4. The molecule has 0 aliphatic carbocycles. The molecule has 0 atom stereocenters. The van der Waals surface area contributed by atoms with Gasteiger partial charge < -0.3 is 4.42 Å². The van der Waals surface area contributed by atoms with Crippen molar-refractivity contribution in [2.24, 2.45) is 4.99 Å². The minimum atomic E-state index is -4.36. The molecule has 0 amide bonds. The van der Waals surface area contributed by atoms with Crippen molar-refractivity contribution in [1.82, 2.24) is 0 Å². The number of hydrogen-bond acceptors (Lipinski definition) is 2. The van der Waals surface area contributed by atoms with Crippen LogP contribution in [-0.4, -0.2) is 5.71 Å². The Morgan fingerprint density at radius 3 is 2.58 bits per heavy atom. The largest absolute Gasteiger partial charge is 0.455 e. The van der Waals surface area contributed by atoms with Crippen molar-refractivity contribution in [3.05, 3.63) is 59.0 Å². The minimum Gasteiger partial charge on any atom is -0.455 e. The number of aliphatic imine (C=N–C) groups is 1. The van der Waals surface area contributed by atoms with Crippen LogP contribution in [0.1, 0.15) is 44.4 Å². The van der Waals surface area contributed by atoms with Crippen molar-refractivity contribution < 1.29 is 17.6 Å². The van der Waals surface area contributed by atoms with E-state index in [1.54, 1.807) is 18.2 Å². The maximum atomic E-state index is 12.8. The Labute approximate surface area is 138 Å². The van der Waals surface area contributed by atoms with Crippen LogP contribution in [0.4, 0.5) is 13.2 Å². The number of alkyl halides is 3. The third-order valence-electron chi connectivity index (χ3n) is 4.05. The molecule has 0 saturated heterocycles. The quantitative estimate of drug-likeness (QED) is 0.651. The molecule has 5 heteroatoms. The number of rotatable bonds is 4. The van der Waals surface area contributed by atoms with E-state index in [1.165, 1.54) is 11.6 Å². The number of benzene rings is 1. The normalized spacial score (nSPS) is 15.1. The van der Waals surface area contributed by atoms with E-state index in [2.05, 4.69) is 18.8 Å². The topological polar surface area (TPSA) is 25.5 Å². The van der Waals surface area contributed by atoms with Gasteiger partial charge in [0.1, 0.15) is 11.5 Å². The number of allylic oxidation sites excluding steroid dienone is 2. The molecule has 0 saturated carbocycles. The Bertz CT molecular complexity index is 812. The summed E-state index contributed by atoms with van der Waals surface area (Å²) in [6, 6.07) is 8.62. The van der Waals surface area contributed by atoms with Gasteiger partial charge in [0.15, 0.2) is 0 Å². The van der Waals surface area contributed by atoms with Crippen LogP contribution in [0.2, 0.25) is 0 Å². The molecule has 2 aromatic rings. The van der Waals surface area contributed by atoms with E-state index in [0.29, 0.717) is 17.1 Å². The van der Waals surface area contributed by atoms with Crippen molar-refractivity contribution in [2.75, 3.05) is 0 Å². The molecule has 1 aliphatic heterocycles. The van der Waals surface area contributed by atoms with Crippen LogP contribution in [0.5, 0.6) is 0 Å². The van der Waals surface area contributed by atoms with E-state index in [9.17, 15) is 13.2 Å². The zero-order valence-electron chi connectivity index (χ0n) is 13.6. The van der Waals surface area contributed by atoms with Crippen LogP contribution >= 0.6 is 0 Å². The molecule has 3 rings (SSSR count). The number of nitrogens with zero attached hydrogens (tertiary/aromatic N) is 1. The third-order valence-corrected chi connectivity index (χ3v) is 4.05. The van der Waals surface area contributed by atoms with Crippen LogP contribution in [-0.2, 0) is 6.18 Å². The summed E-state index contributed by atoms with van der Waals surface area (Å²) in [6.07, 6.45) is -1.68. The molecule has 24 heavy (non-hydrogen) atoms. The van der Waals surface area contributed by atoms with Crippen LogP contribution in [0, 0.1) is 0 Å². The summed E-state index contributed by atoms with van der Waals surface area (Å²) in [7, 11) is 0. The van der Waals surface area contributed by atoms with Gasteiger partial charge in [-0.1, -0.05) is 25.5 Å². The highest BCUT2D eigenvalue weighted by molar-refractivity contribution is 6.02. The Balaban J connectivity index is 1.86. The van der Waals surface area contributed by atoms with Crippen molar-refractivity contribution in [3.8, 4) is 11.3 Å². The number of halogens is 3. The Kier molecular flexibility index (Phi) is 4.35. The fourth-order valence-corrected chi connectivity index (χ4v) is 2.80. The fourth-order valence-electron chi connectivity index (χ4n) is 2.80. The van der Waals surface area contributed by atoms with Gasteiger partial charge >= 0.3 is 6.18 Å². The van der Waals surface area contributed by atoms with Gasteiger partial charge in [-0.05, 0) is 43.2 Å². The molecule has 0 bridgehead atoms. The molecule has 0 N–H and O–H groups in total. The molecule has 0 fully saturated rings. The Morgan fingerprint density at radius 1 is 1.12 bits per heavy atom. The molecule has 0 radical (unpaired) electrons. The highest BCUT2D eigenvalue weighted by Crippen LogP contribution is 2.33. The maximum absolute atomic E-state index is 12.8. The first kappa shape index (κ1) is 16.6. The van der Waals surface area contributed by atoms with Crippen LogP contribution in [0.3, 0.4) is 0 Å². The van der Waals surface area contributed by atoms with Gasteiger partial charge in [0.2, 0.25) is 0 Å². The van der Waals surface area contributed by atoms with E-state index in [1.807, 2.05) is 0 Å². The first-order valence-electron chi connectivity index (χ1n) is 7.92. The lowest BCUT2D eigenvalue weighted by molar-refractivity contribution is -0.137. The van der Waals surface area contributed by atoms with Crippen molar-refractivity contribution >= 4 is 5.71 Å². The van der Waals surface area contributed by atoms with Crippen LogP contribution in [0.25, 0.3) is 11.3 Å². The predicted molar refractivity (Wildman–Crippen MR) is 87.9 cm³/mol. The number of hydrogen-bond donors (Lipinski definition) is 0. The first-order valence-corrected chi connectivity index (χ1v) is 7.92. The fraction of sp³-hybridized carbons (Fsp3) is 0.316. The van der Waals surface area contributed by atoms with Gasteiger partial charge in [-0.2, -0.15) is 13.2 Å². The van der Waals surface area contributed by atoms with Crippen LogP contribution < -0.4 is 0 Å². The average molecular weight is 333 g/mol. The van der Waals surface area contributed by atoms with E-state index in [4.69, 9.17) is 4.42 Å². The molecule has 2 nitrogen and oxygen atoms in total. The summed E-state index contributed by atoms with van der Waals surface area (Å²) in [5, 5.41) is 0. The van der Waals surface area contributed by atoms with E-state index < -0.39 is 11.7 Å². The Hall–Kier alpha value is -2.30. The number of furan rings is 1. The van der Waals surface area contributed by atoms with Crippen LogP contribution in [0.15, 0.2) is 57.1 Å². The second-order valence-electron chi connectivity index (χ2n) is 5.95. The minimum absolute atomic E-state index is 0.410. The smallest absolute Gasteiger partial charge is 0.416 e. The maximum Gasteiger partial charge on any atom is 0.416 e. The lowest BCUT2D eigenvalue weighted by atomic mass is 10.1. The predicted octanol–water partition coefficient (Wildman–Crippen LogP) is 6.23. The molecule has 126 valence electrons. The summed E-state index contributed by atoms with van der Waals surface area (Å²) in [5.41, 5.74) is 2.88. The van der Waals surface area contributed by atoms with Gasteiger partial charge in [0, 0.05) is 17.7 Å².